The van der Waals surface area contributed by atoms with E-state index in [1.54, 1.807) is 24.0 Å². The van der Waals surface area contributed by atoms with E-state index in [0.717, 1.165) is 0 Å². The van der Waals surface area contributed by atoms with Crippen LogP contribution in [-0.2, 0) is 7.05 Å². The van der Waals surface area contributed by atoms with Crippen molar-refractivity contribution in [1.82, 2.24) is 9.78 Å². The van der Waals surface area contributed by atoms with Crippen molar-refractivity contribution in [3.63, 3.8) is 0 Å². The lowest BCUT2D eigenvalue weighted by atomic mass is 10.2. The number of anilines is 2. The van der Waals surface area contributed by atoms with Crippen LogP contribution in [0.3, 0.4) is 0 Å². The highest BCUT2D eigenvalue weighted by molar-refractivity contribution is 5.72. The maximum absolute atomic E-state index is 11.1. The molecule has 0 saturated heterocycles. The van der Waals surface area contributed by atoms with Gasteiger partial charge in [0.15, 0.2) is 17.3 Å². The molecule has 1 aromatic carbocycles. The second-order valence-corrected chi connectivity index (χ2v) is 3.98. The van der Waals surface area contributed by atoms with E-state index < -0.39 is 4.92 Å². The minimum absolute atomic E-state index is 0.117. The van der Waals surface area contributed by atoms with Crippen LogP contribution in [0, 0.1) is 10.1 Å². The Kier molecular flexibility index (Phi) is 3.74. The lowest BCUT2D eigenvalue weighted by molar-refractivity contribution is -0.384. The molecule has 1 aromatic heterocycles. The van der Waals surface area contributed by atoms with E-state index in [0.29, 0.717) is 17.3 Å². The van der Waals surface area contributed by atoms with Crippen LogP contribution in [-0.4, -0.2) is 28.9 Å². The predicted molar refractivity (Wildman–Crippen MR) is 72.7 cm³/mol. The van der Waals surface area contributed by atoms with Crippen molar-refractivity contribution in [2.45, 2.75) is 0 Å². The summed E-state index contributed by atoms with van der Waals surface area (Å²) < 4.78 is 11.8. The molecule has 1 N–H and O–H groups in total. The number of nitro benzene ring substituents is 1. The first-order valence-electron chi connectivity index (χ1n) is 5.72. The summed E-state index contributed by atoms with van der Waals surface area (Å²) in [5.41, 5.74) is 0.166. The number of hydrogen-bond acceptors (Lipinski definition) is 6. The normalized spacial score (nSPS) is 10.2. The topological polar surface area (TPSA) is 91.5 Å². The molecule has 8 heteroatoms. The van der Waals surface area contributed by atoms with Gasteiger partial charge in [0.05, 0.1) is 25.2 Å². The van der Waals surface area contributed by atoms with E-state index in [-0.39, 0.29) is 11.4 Å². The van der Waals surface area contributed by atoms with Crippen molar-refractivity contribution in [2.24, 2.45) is 7.05 Å². The fourth-order valence-electron chi connectivity index (χ4n) is 1.74. The summed E-state index contributed by atoms with van der Waals surface area (Å²) in [4.78, 5) is 10.6. The van der Waals surface area contributed by atoms with Gasteiger partial charge in [-0.05, 0) is 0 Å². The smallest absolute Gasteiger partial charge is 0.296 e. The molecule has 20 heavy (non-hydrogen) atoms. The van der Waals surface area contributed by atoms with Gasteiger partial charge in [-0.3, -0.25) is 14.8 Å². The largest absolute Gasteiger partial charge is 0.493 e. The van der Waals surface area contributed by atoms with Crippen molar-refractivity contribution >= 4 is 17.2 Å². The molecule has 0 aliphatic carbocycles. The van der Waals surface area contributed by atoms with E-state index in [1.807, 2.05) is 0 Å². The molecule has 106 valence electrons. The highest BCUT2D eigenvalue weighted by Crippen LogP contribution is 2.38. The molecule has 0 fully saturated rings. The van der Waals surface area contributed by atoms with E-state index in [1.165, 1.54) is 26.4 Å². The van der Waals surface area contributed by atoms with Crippen LogP contribution in [0.25, 0.3) is 0 Å². The summed E-state index contributed by atoms with van der Waals surface area (Å²) in [6, 6.07) is 4.52. The number of nitro groups is 1. The number of aryl methyl sites for hydroxylation is 1. The van der Waals surface area contributed by atoms with Crippen molar-refractivity contribution in [2.75, 3.05) is 19.5 Å². The maximum Gasteiger partial charge on any atom is 0.296 e. The average Bonchev–Trinajstić information content (AvgIpc) is 2.83. The number of ether oxygens (including phenoxy) is 2. The molecule has 2 rings (SSSR count). The van der Waals surface area contributed by atoms with Gasteiger partial charge in [0.2, 0.25) is 0 Å². The second kappa shape index (κ2) is 5.47. The molecule has 0 saturated carbocycles. The molecule has 1 heterocycles. The molecular formula is C12H14N4O4. The van der Waals surface area contributed by atoms with Crippen molar-refractivity contribution < 1.29 is 14.4 Å². The van der Waals surface area contributed by atoms with Crippen LogP contribution in [0.2, 0.25) is 0 Å². The first kappa shape index (κ1) is 13.7. The molecule has 2 aromatic rings. The van der Waals surface area contributed by atoms with Crippen LogP contribution in [0.4, 0.5) is 17.2 Å². The van der Waals surface area contributed by atoms with E-state index >= 15 is 0 Å². The van der Waals surface area contributed by atoms with Crippen LogP contribution >= 0.6 is 0 Å². The Morgan fingerprint density at radius 1 is 1.30 bits per heavy atom. The summed E-state index contributed by atoms with van der Waals surface area (Å²) in [7, 11) is 4.65. The summed E-state index contributed by atoms with van der Waals surface area (Å²) in [5, 5.41) is 18.1. The molecule has 0 spiro atoms. The van der Waals surface area contributed by atoms with Gasteiger partial charge in [-0.1, -0.05) is 0 Å². The minimum atomic E-state index is -0.493. The molecule has 0 atom stereocenters. The summed E-state index contributed by atoms with van der Waals surface area (Å²) in [6.07, 6.45) is 1.73. The van der Waals surface area contributed by atoms with Crippen molar-refractivity contribution in [3.05, 3.63) is 34.5 Å². The SMILES string of the molecule is COc1cc(Nc2ccn(C)n2)c([N+](=O)[O-])cc1OC. The number of rotatable bonds is 5. The van der Waals surface area contributed by atoms with E-state index in [9.17, 15) is 10.1 Å². The van der Waals surface area contributed by atoms with Crippen LogP contribution < -0.4 is 14.8 Å². The van der Waals surface area contributed by atoms with Crippen LogP contribution in [0.5, 0.6) is 11.5 Å². The lowest BCUT2D eigenvalue weighted by Gasteiger charge is -2.10. The number of methoxy groups -OCH3 is 2. The Hall–Kier alpha value is -2.77. The third-order valence-corrected chi connectivity index (χ3v) is 2.67. The maximum atomic E-state index is 11.1. The third-order valence-electron chi connectivity index (χ3n) is 2.67. The van der Waals surface area contributed by atoms with E-state index in [2.05, 4.69) is 10.4 Å². The standard InChI is InChI=1S/C12H14N4O4/c1-15-5-4-12(14-15)13-8-6-10(19-2)11(20-3)7-9(8)16(17)18/h4-7H,1-3H3,(H,13,14). The fourth-order valence-corrected chi connectivity index (χ4v) is 1.74. The van der Waals surface area contributed by atoms with Gasteiger partial charge in [0.25, 0.3) is 5.69 Å². The van der Waals surface area contributed by atoms with Gasteiger partial charge in [-0.15, -0.1) is 0 Å². The first-order chi connectivity index (χ1) is 9.55. The monoisotopic (exact) mass is 278 g/mol. The zero-order valence-electron chi connectivity index (χ0n) is 11.3. The van der Waals surface area contributed by atoms with Crippen LogP contribution in [0.15, 0.2) is 24.4 Å². The van der Waals surface area contributed by atoms with Crippen LogP contribution in [0.1, 0.15) is 0 Å². The molecule has 8 nitrogen and oxygen atoms in total. The van der Waals surface area contributed by atoms with Gasteiger partial charge in [0, 0.05) is 25.4 Å². The summed E-state index contributed by atoms with van der Waals surface area (Å²) in [6.45, 7) is 0. The fraction of sp³-hybridized carbons (Fsp3) is 0.250. The van der Waals surface area contributed by atoms with E-state index in [4.69, 9.17) is 9.47 Å². The molecule has 0 aliphatic rings. The Balaban J connectivity index is 2.46. The Bertz CT molecular complexity index is 638. The molecule has 0 radical (unpaired) electrons. The zero-order valence-corrected chi connectivity index (χ0v) is 11.3. The number of nitrogens with one attached hydrogen (secondary N) is 1. The number of hydrogen-bond donors (Lipinski definition) is 1. The van der Waals surface area contributed by atoms with Gasteiger partial charge >= 0.3 is 0 Å². The number of aromatic nitrogens is 2. The van der Waals surface area contributed by atoms with Crippen molar-refractivity contribution in [1.29, 1.82) is 0 Å². The molecule has 0 aliphatic heterocycles. The highest BCUT2D eigenvalue weighted by Gasteiger charge is 2.20. The number of benzene rings is 1. The number of nitrogens with zero attached hydrogens (tertiary/aromatic N) is 3. The predicted octanol–water partition coefficient (Wildman–Crippen LogP) is 2.09. The zero-order chi connectivity index (χ0) is 14.7. The van der Waals surface area contributed by atoms with Crippen molar-refractivity contribution in [3.8, 4) is 11.5 Å². The highest BCUT2D eigenvalue weighted by atomic mass is 16.6. The van der Waals surface area contributed by atoms with Gasteiger partial charge in [-0.25, -0.2) is 0 Å². The molecule has 0 amide bonds. The van der Waals surface area contributed by atoms with Gasteiger partial charge in [0.1, 0.15) is 5.69 Å². The molecular weight excluding hydrogens is 264 g/mol. The second-order valence-electron chi connectivity index (χ2n) is 3.98. The summed E-state index contributed by atoms with van der Waals surface area (Å²) >= 11 is 0. The quantitative estimate of drug-likeness (QED) is 0.665. The minimum Gasteiger partial charge on any atom is -0.493 e. The Labute approximate surface area is 115 Å². The molecule has 0 unspecified atom stereocenters. The molecule has 0 bridgehead atoms. The first-order valence-corrected chi connectivity index (χ1v) is 5.72. The average molecular weight is 278 g/mol. The third kappa shape index (κ3) is 2.63. The van der Waals surface area contributed by atoms with Gasteiger partial charge in [-0.2, -0.15) is 5.10 Å². The van der Waals surface area contributed by atoms with Gasteiger partial charge < -0.3 is 14.8 Å². The Morgan fingerprint density at radius 2 is 1.95 bits per heavy atom. The Morgan fingerprint density at radius 3 is 2.45 bits per heavy atom. The lowest BCUT2D eigenvalue weighted by Crippen LogP contribution is -2.00. The summed E-state index contributed by atoms with van der Waals surface area (Å²) in [5.74, 6) is 1.20.